The smallest absolute Gasteiger partial charge is 0.232 e. The summed E-state index contributed by atoms with van der Waals surface area (Å²) in [5.74, 6) is -0.536. The summed E-state index contributed by atoms with van der Waals surface area (Å²) in [6, 6.07) is 15.4. The number of hydrogen-bond acceptors (Lipinski definition) is 2. The number of rotatable bonds is 6. The van der Waals surface area contributed by atoms with Crippen molar-refractivity contribution in [2.45, 2.75) is 12.3 Å². The summed E-state index contributed by atoms with van der Waals surface area (Å²) in [4.78, 5) is 11.7. The molecule has 2 aromatic carbocycles. The van der Waals surface area contributed by atoms with Crippen molar-refractivity contribution >= 4 is 16.7 Å². The highest BCUT2D eigenvalue weighted by atomic mass is 32.2. The molecule has 2 aromatic rings. The maximum absolute atomic E-state index is 13.0. The third-order valence-electron chi connectivity index (χ3n) is 2.84. The first kappa shape index (κ1) is 15.4. The van der Waals surface area contributed by atoms with Crippen molar-refractivity contribution in [2.75, 3.05) is 5.75 Å². The van der Waals surface area contributed by atoms with Gasteiger partial charge < -0.3 is 5.32 Å². The molecule has 1 N–H and O–H groups in total. The van der Waals surface area contributed by atoms with Crippen LogP contribution in [0, 0.1) is 5.82 Å². The number of hydrogen-bond donors (Lipinski definition) is 1. The third-order valence-corrected chi connectivity index (χ3v) is 4.08. The van der Waals surface area contributed by atoms with E-state index in [-0.39, 0.29) is 23.2 Å². The molecule has 0 heterocycles. The zero-order chi connectivity index (χ0) is 15.1. The van der Waals surface area contributed by atoms with E-state index in [1.54, 1.807) is 12.1 Å². The van der Waals surface area contributed by atoms with Crippen molar-refractivity contribution < 1.29 is 13.4 Å². The summed E-state index contributed by atoms with van der Waals surface area (Å²) in [6.45, 7) is 0.414. The lowest BCUT2D eigenvalue weighted by Crippen LogP contribution is -2.28. The molecule has 0 saturated heterocycles. The molecule has 0 saturated carbocycles. The van der Waals surface area contributed by atoms with Crippen molar-refractivity contribution in [3.8, 4) is 0 Å². The Morgan fingerprint density at radius 1 is 1.05 bits per heavy atom. The summed E-state index contributed by atoms with van der Waals surface area (Å²) in [5.41, 5.74) is 1.62. The average molecular weight is 305 g/mol. The van der Waals surface area contributed by atoms with Gasteiger partial charge in [0.1, 0.15) is 11.6 Å². The van der Waals surface area contributed by atoms with Gasteiger partial charge in [0.05, 0.1) is 0 Å². The summed E-state index contributed by atoms with van der Waals surface area (Å²) in [7, 11) is -1.35. The van der Waals surface area contributed by atoms with E-state index >= 15 is 0 Å². The molecule has 110 valence electrons. The van der Waals surface area contributed by atoms with Gasteiger partial charge in [0.15, 0.2) is 0 Å². The van der Waals surface area contributed by atoms with Crippen LogP contribution in [-0.4, -0.2) is 15.9 Å². The molecule has 1 atom stereocenters. The summed E-state index contributed by atoms with van der Waals surface area (Å²) in [5, 5.41) is 2.72. The average Bonchev–Trinajstić information content (AvgIpc) is 2.46. The van der Waals surface area contributed by atoms with Gasteiger partial charge >= 0.3 is 0 Å². The van der Waals surface area contributed by atoms with Crippen molar-refractivity contribution in [2.24, 2.45) is 0 Å². The van der Waals surface area contributed by atoms with Gasteiger partial charge in [-0.05, 0) is 23.3 Å². The van der Waals surface area contributed by atoms with Gasteiger partial charge in [0.25, 0.3) is 0 Å². The Balaban J connectivity index is 1.78. The zero-order valence-corrected chi connectivity index (χ0v) is 12.2. The highest BCUT2D eigenvalue weighted by Gasteiger charge is 2.09. The molecule has 0 radical (unpaired) electrons. The predicted octanol–water partition coefficient (Wildman–Crippen LogP) is 2.39. The van der Waals surface area contributed by atoms with Crippen molar-refractivity contribution in [3.63, 3.8) is 0 Å². The Kier molecular flexibility index (Phi) is 5.63. The first-order valence-electron chi connectivity index (χ1n) is 6.53. The first-order chi connectivity index (χ1) is 10.1. The van der Waals surface area contributed by atoms with E-state index in [1.807, 2.05) is 30.3 Å². The molecule has 0 aliphatic rings. The van der Waals surface area contributed by atoms with Gasteiger partial charge in [-0.1, -0.05) is 42.5 Å². The lowest BCUT2D eigenvalue weighted by molar-refractivity contribution is -0.118. The topological polar surface area (TPSA) is 46.2 Å². The second-order valence-corrected chi connectivity index (χ2v) is 6.08. The fourth-order valence-electron chi connectivity index (χ4n) is 1.86. The van der Waals surface area contributed by atoms with E-state index in [4.69, 9.17) is 0 Å². The summed E-state index contributed by atoms with van der Waals surface area (Å²) < 4.78 is 24.9. The molecular weight excluding hydrogens is 289 g/mol. The molecule has 1 amide bonds. The molecule has 0 aromatic heterocycles. The van der Waals surface area contributed by atoms with Gasteiger partial charge in [0.2, 0.25) is 5.91 Å². The minimum Gasteiger partial charge on any atom is -0.351 e. The van der Waals surface area contributed by atoms with Crippen LogP contribution in [0.2, 0.25) is 0 Å². The summed E-state index contributed by atoms with van der Waals surface area (Å²) in [6.07, 6.45) is 0. The molecule has 5 heteroatoms. The Morgan fingerprint density at radius 3 is 2.48 bits per heavy atom. The van der Waals surface area contributed by atoms with Crippen molar-refractivity contribution in [1.82, 2.24) is 5.32 Å². The van der Waals surface area contributed by atoms with E-state index in [0.717, 1.165) is 5.56 Å². The van der Waals surface area contributed by atoms with Crippen LogP contribution in [0.5, 0.6) is 0 Å². The van der Waals surface area contributed by atoms with E-state index < -0.39 is 10.8 Å². The van der Waals surface area contributed by atoms with E-state index in [1.165, 1.54) is 12.1 Å². The quantitative estimate of drug-likeness (QED) is 0.891. The van der Waals surface area contributed by atoms with Crippen LogP contribution >= 0.6 is 0 Å². The maximum Gasteiger partial charge on any atom is 0.232 e. The van der Waals surface area contributed by atoms with Gasteiger partial charge in [0, 0.05) is 23.1 Å². The molecule has 0 aliphatic heterocycles. The van der Waals surface area contributed by atoms with Crippen LogP contribution in [0.4, 0.5) is 4.39 Å². The molecule has 3 nitrogen and oxygen atoms in total. The molecule has 0 aliphatic carbocycles. The SMILES string of the molecule is O=C(CS(=O)Cc1cccc(F)c1)NCc1ccccc1. The van der Waals surface area contributed by atoms with Crippen LogP contribution in [0.3, 0.4) is 0 Å². The number of nitrogens with one attached hydrogen (secondary N) is 1. The van der Waals surface area contributed by atoms with Crippen molar-refractivity contribution in [1.29, 1.82) is 0 Å². The Hall–Kier alpha value is -2.01. The third kappa shape index (κ3) is 5.47. The lowest BCUT2D eigenvalue weighted by Gasteiger charge is -2.06. The molecule has 21 heavy (non-hydrogen) atoms. The zero-order valence-electron chi connectivity index (χ0n) is 11.4. The Morgan fingerprint density at radius 2 is 1.76 bits per heavy atom. The monoisotopic (exact) mass is 305 g/mol. The molecule has 1 unspecified atom stereocenters. The fourth-order valence-corrected chi connectivity index (χ4v) is 2.91. The van der Waals surface area contributed by atoms with Crippen LogP contribution < -0.4 is 5.32 Å². The second kappa shape index (κ2) is 7.69. The lowest BCUT2D eigenvalue weighted by atomic mass is 10.2. The highest BCUT2D eigenvalue weighted by molar-refractivity contribution is 7.84. The number of amides is 1. The van der Waals surface area contributed by atoms with Crippen LogP contribution in [0.1, 0.15) is 11.1 Å². The molecule has 0 fully saturated rings. The Bertz CT molecular complexity index is 631. The van der Waals surface area contributed by atoms with Crippen LogP contribution in [-0.2, 0) is 27.9 Å². The molecule has 0 spiro atoms. The number of halogens is 1. The van der Waals surface area contributed by atoms with E-state index in [2.05, 4.69) is 5.32 Å². The minimum atomic E-state index is -1.35. The number of carbonyl (C=O) groups excluding carboxylic acids is 1. The Labute approximate surface area is 125 Å². The van der Waals surface area contributed by atoms with E-state index in [9.17, 15) is 13.4 Å². The predicted molar refractivity (Wildman–Crippen MR) is 81.4 cm³/mol. The summed E-state index contributed by atoms with van der Waals surface area (Å²) >= 11 is 0. The van der Waals surface area contributed by atoms with Gasteiger partial charge in [-0.2, -0.15) is 0 Å². The highest BCUT2D eigenvalue weighted by Crippen LogP contribution is 2.06. The standard InChI is InChI=1S/C16H16FNO2S/c17-15-8-4-7-14(9-15)11-21(20)12-16(19)18-10-13-5-2-1-3-6-13/h1-9H,10-12H2,(H,18,19). The normalized spacial score (nSPS) is 11.9. The minimum absolute atomic E-state index is 0.0800. The van der Waals surface area contributed by atoms with Gasteiger partial charge in [-0.15, -0.1) is 0 Å². The van der Waals surface area contributed by atoms with Gasteiger partial charge in [-0.25, -0.2) is 4.39 Å². The van der Waals surface area contributed by atoms with Crippen LogP contribution in [0.15, 0.2) is 54.6 Å². The molecule has 0 bridgehead atoms. The van der Waals surface area contributed by atoms with Crippen LogP contribution in [0.25, 0.3) is 0 Å². The van der Waals surface area contributed by atoms with Crippen molar-refractivity contribution in [3.05, 3.63) is 71.5 Å². The number of carbonyl (C=O) groups is 1. The van der Waals surface area contributed by atoms with Gasteiger partial charge in [-0.3, -0.25) is 9.00 Å². The first-order valence-corrected chi connectivity index (χ1v) is 8.02. The number of benzene rings is 2. The maximum atomic E-state index is 13.0. The molecular formula is C16H16FNO2S. The fraction of sp³-hybridized carbons (Fsp3) is 0.188. The second-order valence-electron chi connectivity index (χ2n) is 4.62. The van der Waals surface area contributed by atoms with E-state index in [0.29, 0.717) is 12.1 Å². The molecule has 2 rings (SSSR count). The largest absolute Gasteiger partial charge is 0.351 e.